The average molecular weight is 292 g/mol. The lowest BCUT2D eigenvalue weighted by Crippen LogP contribution is -2.22. The van der Waals surface area contributed by atoms with E-state index in [9.17, 15) is 10.2 Å². The van der Waals surface area contributed by atoms with Crippen molar-refractivity contribution in [2.75, 3.05) is 0 Å². The van der Waals surface area contributed by atoms with E-state index in [2.05, 4.69) is 12.2 Å². The highest BCUT2D eigenvalue weighted by molar-refractivity contribution is 6.30. The lowest BCUT2D eigenvalue weighted by molar-refractivity contribution is 0.427. The topological polar surface area (TPSA) is 52.5 Å². The van der Waals surface area contributed by atoms with Crippen LogP contribution in [0.3, 0.4) is 0 Å². The third-order valence-electron chi connectivity index (χ3n) is 3.35. The minimum Gasteiger partial charge on any atom is -0.508 e. The third-order valence-corrected chi connectivity index (χ3v) is 3.60. The van der Waals surface area contributed by atoms with Crippen LogP contribution in [0, 0.1) is 0 Å². The van der Waals surface area contributed by atoms with Gasteiger partial charge in [0.05, 0.1) is 0 Å². The third kappa shape index (κ3) is 3.44. The van der Waals surface area contributed by atoms with Crippen molar-refractivity contribution in [3.8, 4) is 11.5 Å². The van der Waals surface area contributed by atoms with Crippen LogP contribution in [0.4, 0.5) is 0 Å². The Morgan fingerprint density at radius 3 is 2.20 bits per heavy atom. The highest BCUT2D eigenvalue weighted by Gasteiger charge is 2.14. The average Bonchev–Trinajstić information content (AvgIpc) is 2.39. The first-order valence-electron chi connectivity index (χ1n) is 6.50. The maximum Gasteiger partial charge on any atom is 0.124 e. The number of rotatable bonds is 4. The van der Waals surface area contributed by atoms with Crippen LogP contribution in [0.5, 0.6) is 11.5 Å². The number of benzene rings is 2. The van der Waals surface area contributed by atoms with E-state index in [0.717, 1.165) is 11.1 Å². The minimum absolute atomic E-state index is 0.0405. The normalized spacial score (nSPS) is 13.9. The maximum absolute atomic E-state index is 9.86. The van der Waals surface area contributed by atoms with Crippen molar-refractivity contribution in [1.29, 1.82) is 0 Å². The Bertz CT molecular complexity index is 584. The molecule has 0 aromatic heterocycles. The molecule has 0 heterocycles. The van der Waals surface area contributed by atoms with Crippen molar-refractivity contribution in [3.05, 3.63) is 58.6 Å². The molecule has 0 aliphatic rings. The smallest absolute Gasteiger partial charge is 0.124 e. The van der Waals surface area contributed by atoms with E-state index in [1.807, 2.05) is 31.2 Å². The molecule has 0 aliphatic carbocycles. The molecular weight excluding hydrogens is 274 g/mol. The predicted molar refractivity (Wildman–Crippen MR) is 81.2 cm³/mol. The number of phenolic OH excluding ortho intramolecular Hbond substituents is 2. The molecule has 4 heteroatoms. The van der Waals surface area contributed by atoms with Crippen LogP contribution in [0.25, 0.3) is 0 Å². The molecular formula is C16H18ClNO2. The molecule has 2 aromatic carbocycles. The van der Waals surface area contributed by atoms with Gasteiger partial charge in [-0.1, -0.05) is 29.8 Å². The molecule has 2 atom stereocenters. The van der Waals surface area contributed by atoms with Gasteiger partial charge >= 0.3 is 0 Å². The van der Waals surface area contributed by atoms with E-state index in [1.165, 1.54) is 6.07 Å². The molecule has 0 radical (unpaired) electrons. The zero-order chi connectivity index (χ0) is 14.7. The molecule has 106 valence electrons. The summed E-state index contributed by atoms with van der Waals surface area (Å²) in [6.45, 7) is 4.02. The molecule has 1 unspecified atom stereocenters. The van der Waals surface area contributed by atoms with Gasteiger partial charge in [-0.2, -0.15) is 0 Å². The standard InChI is InChI=1S/C16H18ClNO2/c1-10(12-3-5-13(17)6-4-12)18-11(2)15-8-7-14(19)9-16(15)20/h3-11,18-20H,1-2H3/t10-,11?/m1/s1. The zero-order valence-electron chi connectivity index (χ0n) is 11.5. The van der Waals surface area contributed by atoms with Gasteiger partial charge < -0.3 is 15.5 Å². The summed E-state index contributed by atoms with van der Waals surface area (Å²) in [6.07, 6.45) is 0. The van der Waals surface area contributed by atoms with Gasteiger partial charge in [0.25, 0.3) is 0 Å². The van der Waals surface area contributed by atoms with E-state index < -0.39 is 0 Å². The number of hydrogen-bond acceptors (Lipinski definition) is 3. The first kappa shape index (κ1) is 14.7. The minimum atomic E-state index is -0.0405. The van der Waals surface area contributed by atoms with Crippen molar-refractivity contribution in [3.63, 3.8) is 0 Å². The van der Waals surface area contributed by atoms with Gasteiger partial charge in [0.1, 0.15) is 11.5 Å². The summed E-state index contributed by atoms with van der Waals surface area (Å²) < 4.78 is 0. The molecule has 0 spiro atoms. The molecule has 0 saturated heterocycles. The maximum atomic E-state index is 9.86. The SMILES string of the molecule is CC(N[C@H](C)c1ccc(Cl)cc1)c1ccc(O)cc1O. The molecule has 0 amide bonds. The summed E-state index contributed by atoms with van der Waals surface area (Å²) in [5, 5.41) is 23.3. The molecule has 0 bridgehead atoms. The summed E-state index contributed by atoms with van der Waals surface area (Å²) >= 11 is 5.88. The largest absolute Gasteiger partial charge is 0.508 e. The fourth-order valence-electron chi connectivity index (χ4n) is 2.21. The Labute approximate surface area is 123 Å². The Morgan fingerprint density at radius 2 is 1.60 bits per heavy atom. The van der Waals surface area contributed by atoms with Crippen LogP contribution in [0.2, 0.25) is 5.02 Å². The van der Waals surface area contributed by atoms with Crippen molar-refractivity contribution in [2.45, 2.75) is 25.9 Å². The number of hydrogen-bond donors (Lipinski definition) is 3. The Hall–Kier alpha value is -1.71. The highest BCUT2D eigenvalue weighted by atomic mass is 35.5. The van der Waals surface area contributed by atoms with Crippen LogP contribution in [0.15, 0.2) is 42.5 Å². The van der Waals surface area contributed by atoms with E-state index in [4.69, 9.17) is 11.6 Å². The quantitative estimate of drug-likeness (QED) is 0.793. The predicted octanol–water partition coefficient (Wildman–Crippen LogP) is 4.16. The second kappa shape index (κ2) is 6.16. The van der Waals surface area contributed by atoms with Crippen molar-refractivity contribution >= 4 is 11.6 Å². The summed E-state index contributed by atoms with van der Waals surface area (Å²) in [5.41, 5.74) is 1.88. The van der Waals surface area contributed by atoms with Crippen molar-refractivity contribution < 1.29 is 10.2 Å². The fourth-order valence-corrected chi connectivity index (χ4v) is 2.34. The molecule has 2 aromatic rings. The number of phenols is 2. The van der Waals surface area contributed by atoms with E-state index in [1.54, 1.807) is 12.1 Å². The van der Waals surface area contributed by atoms with E-state index in [-0.39, 0.29) is 23.6 Å². The molecule has 3 N–H and O–H groups in total. The molecule has 3 nitrogen and oxygen atoms in total. The molecule has 0 saturated carbocycles. The summed E-state index contributed by atoms with van der Waals surface area (Å²) in [4.78, 5) is 0. The number of halogens is 1. The monoisotopic (exact) mass is 291 g/mol. The van der Waals surface area contributed by atoms with Gasteiger partial charge in [0, 0.05) is 28.7 Å². The zero-order valence-corrected chi connectivity index (χ0v) is 12.2. The Kier molecular flexibility index (Phi) is 4.53. The molecule has 2 rings (SSSR count). The van der Waals surface area contributed by atoms with Crippen LogP contribution >= 0.6 is 11.6 Å². The van der Waals surface area contributed by atoms with E-state index in [0.29, 0.717) is 5.02 Å². The summed E-state index contributed by atoms with van der Waals surface area (Å²) in [6, 6.07) is 12.4. The number of nitrogens with one attached hydrogen (secondary N) is 1. The van der Waals surface area contributed by atoms with Crippen molar-refractivity contribution in [2.24, 2.45) is 0 Å². The molecule has 0 aliphatic heterocycles. The van der Waals surface area contributed by atoms with Gasteiger partial charge in [0.15, 0.2) is 0 Å². The second-order valence-electron chi connectivity index (χ2n) is 4.90. The molecule has 0 fully saturated rings. The van der Waals surface area contributed by atoms with Crippen LogP contribution in [-0.2, 0) is 0 Å². The van der Waals surface area contributed by atoms with Gasteiger partial charge in [-0.05, 0) is 37.6 Å². The lowest BCUT2D eigenvalue weighted by Gasteiger charge is -2.21. The molecule has 20 heavy (non-hydrogen) atoms. The van der Waals surface area contributed by atoms with Gasteiger partial charge in [-0.15, -0.1) is 0 Å². The van der Waals surface area contributed by atoms with Crippen molar-refractivity contribution in [1.82, 2.24) is 5.32 Å². The first-order chi connectivity index (χ1) is 9.47. The highest BCUT2D eigenvalue weighted by Crippen LogP contribution is 2.29. The Morgan fingerprint density at radius 1 is 0.950 bits per heavy atom. The summed E-state index contributed by atoms with van der Waals surface area (Å²) in [5.74, 6) is 0.150. The fraction of sp³-hybridized carbons (Fsp3) is 0.250. The lowest BCUT2D eigenvalue weighted by atomic mass is 10.0. The van der Waals surface area contributed by atoms with E-state index >= 15 is 0 Å². The number of aromatic hydroxyl groups is 2. The Balaban J connectivity index is 2.10. The van der Waals surface area contributed by atoms with Gasteiger partial charge in [0.2, 0.25) is 0 Å². The van der Waals surface area contributed by atoms with Crippen LogP contribution in [0.1, 0.15) is 37.1 Å². The van der Waals surface area contributed by atoms with Gasteiger partial charge in [-0.25, -0.2) is 0 Å². The second-order valence-corrected chi connectivity index (χ2v) is 5.34. The van der Waals surface area contributed by atoms with Crippen LogP contribution < -0.4 is 5.32 Å². The van der Waals surface area contributed by atoms with Crippen LogP contribution in [-0.4, -0.2) is 10.2 Å². The van der Waals surface area contributed by atoms with Gasteiger partial charge in [-0.3, -0.25) is 0 Å². The summed E-state index contributed by atoms with van der Waals surface area (Å²) in [7, 11) is 0. The first-order valence-corrected chi connectivity index (χ1v) is 6.88.